The Balaban J connectivity index is 1.53. The molecule has 0 aliphatic heterocycles. The van der Waals surface area contributed by atoms with Crippen LogP contribution in [0.3, 0.4) is 0 Å². The highest BCUT2D eigenvalue weighted by molar-refractivity contribution is 7.99. The van der Waals surface area contributed by atoms with Crippen molar-refractivity contribution in [1.82, 2.24) is 0 Å². The highest BCUT2D eigenvalue weighted by Crippen LogP contribution is 2.35. The second-order valence-electron chi connectivity index (χ2n) is 9.58. The van der Waals surface area contributed by atoms with Gasteiger partial charge in [0.2, 0.25) is 5.78 Å². The first kappa shape index (κ1) is 25.5. The predicted molar refractivity (Wildman–Crippen MR) is 152 cm³/mol. The zero-order valence-electron chi connectivity index (χ0n) is 20.7. The Labute approximate surface area is 222 Å². The first-order chi connectivity index (χ1) is 17.9. The number of rotatable bonds is 8. The summed E-state index contributed by atoms with van der Waals surface area (Å²) in [6.07, 6.45) is 7.44. The Morgan fingerprint density at radius 2 is 1.59 bits per heavy atom. The average Bonchev–Trinajstić information content (AvgIpc) is 2.91. The Morgan fingerprint density at radius 3 is 2.35 bits per heavy atom. The number of hydrogen-bond donors (Lipinski definition) is 0. The van der Waals surface area contributed by atoms with Gasteiger partial charge in [-0.15, -0.1) is 11.8 Å². The highest BCUT2D eigenvalue weighted by Gasteiger charge is 2.22. The normalized spacial score (nSPS) is 15.2. The van der Waals surface area contributed by atoms with E-state index < -0.39 is 10.1 Å². The maximum absolute atomic E-state index is 13.9. The predicted octanol–water partition coefficient (Wildman–Crippen LogP) is 7.23. The van der Waals surface area contributed by atoms with E-state index in [4.69, 9.17) is 4.28 Å². The Hall–Kier alpha value is -3.16. The van der Waals surface area contributed by atoms with E-state index in [0.29, 0.717) is 11.1 Å². The fraction of sp³-hybridized carbons (Fsp3) is 0.267. The molecule has 0 atom stereocenters. The summed E-state index contributed by atoms with van der Waals surface area (Å²) in [7, 11) is -3.90. The molecular weight excluding hydrogens is 502 g/mol. The number of carbonyl (C=O) groups is 1. The lowest BCUT2D eigenvalue weighted by molar-refractivity contribution is 0.106. The third kappa shape index (κ3) is 6.05. The molecule has 4 aromatic rings. The third-order valence-corrected chi connectivity index (χ3v) is 8.48. The number of thioether (sulfide) groups is 1. The van der Waals surface area contributed by atoms with Crippen LogP contribution < -0.4 is 0 Å². The summed E-state index contributed by atoms with van der Waals surface area (Å²) in [4.78, 5) is 15.1. The van der Waals surface area contributed by atoms with Crippen LogP contribution in [0.1, 0.15) is 48.0 Å². The molecule has 1 saturated carbocycles. The maximum atomic E-state index is 13.9. The fourth-order valence-electron chi connectivity index (χ4n) is 4.95. The molecule has 1 aliphatic rings. The van der Waals surface area contributed by atoms with E-state index in [-0.39, 0.29) is 11.5 Å². The molecule has 0 unspecified atom stereocenters. The summed E-state index contributed by atoms with van der Waals surface area (Å²) in [5.74, 6) is 1.42. The Kier molecular flexibility index (Phi) is 7.63. The van der Waals surface area contributed by atoms with E-state index >= 15 is 0 Å². The number of Topliss-reactive ketones (excluding diaryl/α,β-unsaturated/α-hetero) is 1. The molecule has 0 saturated heterocycles. The van der Waals surface area contributed by atoms with Crippen molar-refractivity contribution in [1.29, 1.82) is 0 Å². The molecule has 5 nitrogen and oxygen atoms in total. The van der Waals surface area contributed by atoms with Gasteiger partial charge in [0.1, 0.15) is 0 Å². The van der Waals surface area contributed by atoms with Crippen molar-refractivity contribution >= 4 is 54.9 Å². The van der Waals surface area contributed by atoms with Gasteiger partial charge in [0, 0.05) is 21.8 Å². The van der Waals surface area contributed by atoms with Crippen molar-refractivity contribution in [3.8, 4) is 0 Å². The summed E-state index contributed by atoms with van der Waals surface area (Å²) in [5, 5.41) is 7.60. The number of ketones is 1. The first-order valence-electron chi connectivity index (χ1n) is 12.5. The molecule has 190 valence electrons. The molecule has 0 N–H and O–H groups in total. The summed E-state index contributed by atoms with van der Waals surface area (Å²) in [6.45, 7) is 0. The van der Waals surface area contributed by atoms with Crippen molar-refractivity contribution in [3.05, 3.63) is 90.0 Å². The molecule has 0 aromatic heterocycles. The monoisotopic (exact) mass is 531 g/mol. The molecule has 0 heterocycles. The molecule has 0 amide bonds. The number of carbonyl (C=O) groups excluding carboxylic acids is 1. The first-order valence-corrected chi connectivity index (χ1v) is 15.3. The minimum atomic E-state index is -3.90. The van der Waals surface area contributed by atoms with Gasteiger partial charge in [-0.1, -0.05) is 85.1 Å². The van der Waals surface area contributed by atoms with Gasteiger partial charge in [0.05, 0.1) is 6.26 Å². The lowest BCUT2D eigenvalue weighted by Gasteiger charge is -2.21. The molecule has 0 bridgehead atoms. The van der Waals surface area contributed by atoms with Gasteiger partial charge in [-0.05, 0) is 58.5 Å². The molecule has 4 aromatic carbocycles. The molecule has 0 spiro atoms. The maximum Gasteiger partial charge on any atom is 0.325 e. The van der Waals surface area contributed by atoms with Gasteiger partial charge in [-0.2, -0.15) is 8.42 Å². The fourth-order valence-corrected chi connectivity index (χ4v) is 6.41. The van der Waals surface area contributed by atoms with Gasteiger partial charge in [-0.3, -0.25) is 9.08 Å². The van der Waals surface area contributed by atoms with Crippen molar-refractivity contribution < 1.29 is 17.5 Å². The molecule has 1 fully saturated rings. The van der Waals surface area contributed by atoms with Crippen molar-refractivity contribution in [2.45, 2.75) is 37.0 Å². The summed E-state index contributed by atoms with van der Waals surface area (Å²) in [5.41, 5.74) is 0.901. The van der Waals surface area contributed by atoms with E-state index in [1.54, 1.807) is 6.07 Å². The van der Waals surface area contributed by atoms with E-state index in [2.05, 4.69) is 5.16 Å². The minimum Gasteiger partial charge on any atom is -0.287 e. The number of nitrogens with zero attached hydrogens (tertiary/aromatic N) is 1. The number of benzene rings is 4. The Bertz CT molecular complexity index is 1590. The average molecular weight is 532 g/mol. The molecule has 1 aliphatic carbocycles. The number of oxime groups is 1. The zero-order valence-corrected chi connectivity index (χ0v) is 22.4. The quantitative estimate of drug-likeness (QED) is 0.104. The third-order valence-electron chi connectivity index (χ3n) is 6.83. The number of fused-ring (bicyclic) bond motifs is 2. The standard InChI is InChI=1S/C30H29NO4S2/c1-37(33,34)35-31-29(24-16-15-22-11-5-6-12-23(22)19-24)30(32)27-17-18-28(26-14-8-7-13-25(26)27)36-20-21-9-3-2-4-10-21/h5-8,11-19,21H,2-4,9-10,20H2,1H3/b31-29+. The summed E-state index contributed by atoms with van der Waals surface area (Å²) in [6, 6.07) is 24.9. The SMILES string of the molecule is CS(=O)(=O)O/N=C(/C(=O)c1ccc(SCC2CCCCC2)c2ccccc12)c1ccc2ccccc2c1. The topological polar surface area (TPSA) is 72.8 Å². The molecular formula is C30H29NO4S2. The van der Waals surface area contributed by atoms with E-state index in [9.17, 15) is 13.2 Å². The van der Waals surface area contributed by atoms with Crippen LogP contribution in [0, 0.1) is 5.92 Å². The molecule has 5 rings (SSSR count). The van der Waals surface area contributed by atoms with Crippen molar-refractivity contribution in [2.75, 3.05) is 12.0 Å². The summed E-state index contributed by atoms with van der Waals surface area (Å²) >= 11 is 1.85. The van der Waals surface area contributed by atoms with Crippen molar-refractivity contribution in [3.63, 3.8) is 0 Å². The molecule has 37 heavy (non-hydrogen) atoms. The van der Waals surface area contributed by atoms with Crippen LogP contribution >= 0.6 is 11.8 Å². The lowest BCUT2D eigenvalue weighted by Crippen LogP contribution is -2.18. The Morgan fingerprint density at radius 1 is 0.892 bits per heavy atom. The molecule has 7 heteroatoms. The van der Waals surface area contributed by atoms with Gasteiger partial charge < -0.3 is 0 Å². The summed E-state index contributed by atoms with van der Waals surface area (Å²) < 4.78 is 28.3. The molecule has 0 radical (unpaired) electrons. The van der Waals surface area contributed by atoms with E-state index in [1.165, 1.54) is 32.1 Å². The second kappa shape index (κ2) is 11.1. The van der Waals surface area contributed by atoms with Crippen LogP contribution in [0.4, 0.5) is 0 Å². The van der Waals surface area contributed by atoms with Crippen LogP contribution in [0.2, 0.25) is 0 Å². The van der Waals surface area contributed by atoms with Crippen molar-refractivity contribution in [2.24, 2.45) is 11.1 Å². The van der Waals surface area contributed by atoms with Crippen LogP contribution in [-0.2, 0) is 14.4 Å². The van der Waals surface area contributed by atoms with Gasteiger partial charge in [0.25, 0.3) is 0 Å². The van der Waals surface area contributed by atoms with Gasteiger partial charge >= 0.3 is 10.1 Å². The van der Waals surface area contributed by atoms with Crippen LogP contribution in [0.25, 0.3) is 21.5 Å². The van der Waals surface area contributed by atoms with E-state index in [1.807, 2.05) is 84.6 Å². The minimum absolute atomic E-state index is 0.0519. The van der Waals surface area contributed by atoms with Crippen LogP contribution in [0.15, 0.2) is 88.9 Å². The second-order valence-corrected chi connectivity index (χ2v) is 12.2. The largest absolute Gasteiger partial charge is 0.325 e. The zero-order chi connectivity index (χ0) is 25.8. The van der Waals surface area contributed by atoms with Gasteiger partial charge in [-0.25, -0.2) is 0 Å². The highest BCUT2D eigenvalue weighted by atomic mass is 32.2. The van der Waals surface area contributed by atoms with Gasteiger partial charge in [0.15, 0.2) is 5.71 Å². The lowest BCUT2D eigenvalue weighted by atomic mass is 9.91. The smallest absolute Gasteiger partial charge is 0.287 e. The van der Waals surface area contributed by atoms with Crippen LogP contribution in [-0.4, -0.2) is 31.9 Å². The number of hydrogen-bond acceptors (Lipinski definition) is 6. The van der Waals surface area contributed by atoms with Crippen LogP contribution in [0.5, 0.6) is 0 Å². The van der Waals surface area contributed by atoms with E-state index in [0.717, 1.165) is 44.4 Å².